The van der Waals surface area contributed by atoms with Crippen LogP contribution in [0.4, 0.5) is 5.69 Å². The molecular weight excluding hydrogens is 208 g/mol. The van der Waals surface area contributed by atoms with Gasteiger partial charge in [-0.3, -0.25) is 0 Å². The lowest BCUT2D eigenvalue weighted by molar-refractivity contribution is 0.336. The van der Waals surface area contributed by atoms with Gasteiger partial charge in [0.05, 0.1) is 0 Å². The first kappa shape index (κ1) is 14.0. The summed E-state index contributed by atoms with van der Waals surface area (Å²) in [4.78, 5) is 2.30. The summed E-state index contributed by atoms with van der Waals surface area (Å²) < 4.78 is 0. The second kappa shape index (κ2) is 5.54. The number of aryl methyl sites for hydroxylation is 1. The van der Waals surface area contributed by atoms with E-state index in [1.807, 2.05) is 0 Å². The Kier molecular flexibility index (Phi) is 4.58. The van der Waals surface area contributed by atoms with Crippen molar-refractivity contribution in [3.8, 4) is 0 Å². The molecule has 0 heterocycles. The first-order valence-corrected chi connectivity index (χ1v) is 6.33. The van der Waals surface area contributed by atoms with E-state index in [0.29, 0.717) is 18.0 Å². The van der Waals surface area contributed by atoms with Crippen LogP contribution >= 0.6 is 0 Å². The molecule has 1 aromatic rings. The molecule has 1 atom stereocenters. The number of nitrogens with zero attached hydrogens (tertiary/aromatic N) is 1. The Hall–Kier alpha value is -1.02. The molecular formula is C15H26N2. The third-order valence-corrected chi connectivity index (χ3v) is 3.11. The summed E-state index contributed by atoms with van der Waals surface area (Å²) in [5.41, 5.74) is 8.75. The van der Waals surface area contributed by atoms with Crippen LogP contribution in [0, 0.1) is 12.3 Å². The number of benzene rings is 1. The van der Waals surface area contributed by atoms with Crippen molar-refractivity contribution in [2.75, 3.05) is 18.5 Å². The molecule has 0 aromatic heterocycles. The lowest BCUT2D eigenvalue weighted by Gasteiger charge is -2.34. The van der Waals surface area contributed by atoms with Crippen LogP contribution in [0.25, 0.3) is 0 Å². The van der Waals surface area contributed by atoms with Crippen molar-refractivity contribution in [3.63, 3.8) is 0 Å². The standard InChI is InChI=1S/C15H26N2/c1-12-6-8-13(9-7-12)17(5)14(11-16)10-15(2,3)4/h6-9,14H,10-11,16H2,1-5H3. The van der Waals surface area contributed by atoms with Gasteiger partial charge in [-0.05, 0) is 30.9 Å². The van der Waals surface area contributed by atoms with E-state index >= 15 is 0 Å². The van der Waals surface area contributed by atoms with Gasteiger partial charge in [-0.1, -0.05) is 38.5 Å². The lowest BCUT2D eigenvalue weighted by Crippen LogP contribution is -2.40. The van der Waals surface area contributed by atoms with Crippen LogP contribution in [0.5, 0.6) is 0 Å². The predicted molar refractivity (Wildman–Crippen MR) is 76.5 cm³/mol. The Morgan fingerprint density at radius 2 is 1.71 bits per heavy atom. The van der Waals surface area contributed by atoms with Crippen molar-refractivity contribution in [2.24, 2.45) is 11.1 Å². The molecule has 0 spiro atoms. The molecule has 1 unspecified atom stereocenters. The maximum atomic E-state index is 5.91. The molecule has 2 heteroatoms. The molecule has 0 aliphatic rings. The van der Waals surface area contributed by atoms with Gasteiger partial charge in [0, 0.05) is 25.3 Å². The predicted octanol–water partition coefficient (Wildman–Crippen LogP) is 3.19. The van der Waals surface area contributed by atoms with E-state index in [1.165, 1.54) is 11.3 Å². The number of likely N-dealkylation sites (N-methyl/N-ethyl adjacent to an activating group) is 1. The van der Waals surface area contributed by atoms with Gasteiger partial charge in [-0.2, -0.15) is 0 Å². The minimum Gasteiger partial charge on any atom is -0.370 e. The molecule has 0 bridgehead atoms. The molecule has 2 nitrogen and oxygen atoms in total. The molecule has 0 aliphatic carbocycles. The topological polar surface area (TPSA) is 29.3 Å². The Bertz CT molecular complexity index is 335. The molecule has 0 saturated carbocycles. The first-order chi connectivity index (χ1) is 7.83. The van der Waals surface area contributed by atoms with Gasteiger partial charge in [0.25, 0.3) is 0 Å². The zero-order valence-electron chi connectivity index (χ0n) is 11.8. The molecule has 0 amide bonds. The Morgan fingerprint density at radius 1 is 1.18 bits per heavy atom. The number of nitrogens with two attached hydrogens (primary N) is 1. The molecule has 0 fully saturated rings. The van der Waals surface area contributed by atoms with Crippen molar-refractivity contribution in [1.82, 2.24) is 0 Å². The lowest BCUT2D eigenvalue weighted by atomic mass is 9.87. The summed E-state index contributed by atoms with van der Waals surface area (Å²) in [6.45, 7) is 9.59. The molecule has 0 radical (unpaired) electrons. The smallest absolute Gasteiger partial charge is 0.0414 e. The summed E-state index contributed by atoms with van der Waals surface area (Å²) >= 11 is 0. The zero-order valence-corrected chi connectivity index (χ0v) is 11.8. The Labute approximate surface area is 106 Å². The van der Waals surface area contributed by atoms with Crippen LogP contribution < -0.4 is 10.6 Å². The van der Waals surface area contributed by atoms with Crippen LogP contribution in [0.1, 0.15) is 32.8 Å². The average molecular weight is 234 g/mol. The van der Waals surface area contributed by atoms with Gasteiger partial charge >= 0.3 is 0 Å². The third-order valence-electron chi connectivity index (χ3n) is 3.11. The summed E-state index contributed by atoms with van der Waals surface area (Å²) in [6.07, 6.45) is 1.11. The maximum Gasteiger partial charge on any atom is 0.0414 e. The molecule has 0 aliphatic heterocycles. The van der Waals surface area contributed by atoms with E-state index < -0.39 is 0 Å². The van der Waals surface area contributed by atoms with Gasteiger partial charge in [-0.15, -0.1) is 0 Å². The van der Waals surface area contributed by atoms with Crippen LogP contribution in [0.15, 0.2) is 24.3 Å². The summed E-state index contributed by atoms with van der Waals surface area (Å²) in [5, 5.41) is 0. The molecule has 96 valence electrons. The fourth-order valence-corrected chi connectivity index (χ4v) is 2.08. The highest BCUT2D eigenvalue weighted by atomic mass is 15.1. The number of rotatable bonds is 4. The van der Waals surface area contributed by atoms with Crippen molar-refractivity contribution < 1.29 is 0 Å². The van der Waals surface area contributed by atoms with Crippen molar-refractivity contribution >= 4 is 5.69 Å². The summed E-state index contributed by atoms with van der Waals surface area (Å²) in [5.74, 6) is 0. The van der Waals surface area contributed by atoms with E-state index in [0.717, 1.165) is 6.42 Å². The van der Waals surface area contributed by atoms with E-state index in [-0.39, 0.29) is 0 Å². The second-order valence-corrected chi connectivity index (χ2v) is 6.10. The van der Waals surface area contributed by atoms with Crippen LogP contribution in [0.2, 0.25) is 0 Å². The Balaban J connectivity index is 2.78. The highest BCUT2D eigenvalue weighted by Gasteiger charge is 2.21. The molecule has 0 saturated heterocycles. The Morgan fingerprint density at radius 3 is 2.12 bits per heavy atom. The first-order valence-electron chi connectivity index (χ1n) is 6.33. The number of hydrogen-bond acceptors (Lipinski definition) is 2. The minimum absolute atomic E-state index is 0.309. The van der Waals surface area contributed by atoms with Gasteiger partial charge in [0.1, 0.15) is 0 Å². The second-order valence-electron chi connectivity index (χ2n) is 6.10. The summed E-state index contributed by atoms with van der Waals surface area (Å²) in [6, 6.07) is 9.03. The van der Waals surface area contributed by atoms with Gasteiger partial charge in [0.15, 0.2) is 0 Å². The van der Waals surface area contributed by atoms with E-state index in [1.54, 1.807) is 0 Å². The van der Waals surface area contributed by atoms with E-state index in [4.69, 9.17) is 5.73 Å². The third kappa shape index (κ3) is 4.39. The zero-order chi connectivity index (χ0) is 13.1. The molecule has 2 N–H and O–H groups in total. The number of hydrogen-bond donors (Lipinski definition) is 1. The van der Waals surface area contributed by atoms with Gasteiger partial charge in [0.2, 0.25) is 0 Å². The van der Waals surface area contributed by atoms with Gasteiger partial charge in [-0.25, -0.2) is 0 Å². The quantitative estimate of drug-likeness (QED) is 0.867. The maximum absolute atomic E-state index is 5.91. The van der Waals surface area contributed by atoms with Crippen molar-refractivity contribution in [1.29, 1.82) is 0 Å². The van der Waals surface area contributed by atoms with Crippen molar-refractivity contribution in [3.05, 3.63) is 29.8 Å². The summed E-state index contributed by atoms with van der Waals surface area (Å²) in [7, 11) is 2.13. The normalized spacial score (nSPS) is 13.5. The van der Waals surface area contributed by atoms with E-state index in [2.05, 4.69) is 63.9 Å². The van der Waals surface area contributed by atoms with Crippen LogP contribution in [0.3, 0.4) is 0 Å². The largest absolute Gasteiger partial charge is 0.370 e. The fourth-order valence-electron chi connectivity index (χ4n) is 2.08. The number of anilines is 1. The van der Waals surface area contributed by atoms with Crippen LogP contribution in [-0.4, -0.2) is 19.6 Å². The van der Waals surface area contributed by atoms with E-state index in [9.17, 15) is 0 Å². The fraction of sp³-hybridized carbons (Fsp3) is 0.600. The van der Waals surface area contributed by atoms with Crippen LogP contribution in [-0.2, 0) is 0 Å². The average Bonchev–Trinajstić information content (AvgIpc) is 2.25. The highest BCUT2D eigenvalue weighted by molar-refractivity contribution is 5.47. The molecule has 1 aromatic carbocycles. The molecule has 17 heavy (non-hydrogen) atoms. The minimum atomic E-state index is 0.309. The SMILES string of the molecule is Cc1ccc(N(C)C(CN)CC(C)(C)C)cc1. The monoisotopic (exact) mass is 234 g/mol. The van der Waals surface area contributed by atoms with Crippen molar-refractivity contribution in [2.45, 2.75) is 40.2 Å². The molecule has 1 rings (SSSR count). The van der Waals surface area contributed by atoms with Gasteiger partial charge < -0.3 is 10.6 Å². The highest BCUT2D eigenvalue weighted by Crippen LogP contribution is 2.25.